The van der Waals surface area contributed by atoms with Gasteiger partial charge in [-0.1, -0.05) is 6.07 Å². The Kier molecular flexibility index (Phi) is 5.75. The molecule has 2 aromatic heterocycles. The van der Waals surface area contributed by atoms with Gasteiger partial charge in [-0.3, -0.25) is 0 Å². The van der Waals surface area contributed by atoms with E-state index in [4.69, 9.17) is 9.88 Å². The van der Waals surface area contributed by atoms with Gasteiger partial charge in [-0.2, -0.15) is 10.1 Å². The highest BCUT2D eigenvalue weighted by atomic mass is 32.2. The van der Waals surface area contributed by atoms with E-state index in [1.807, 2.05) is 37.3 Å². The van der Waals surface area contributed by atoms with Crippen LogP contribution in [0.25, 0.3) is 5.69 Å². The van der Waals surface area contributed by atoms with Gasteiger partial charge in [-0.15, -0.1) is 0 Å². The summed E-state index contributed by atoms with van der Waals surface area (Å²) in [4.78, 5) is 8.64. The van der Waals surface area contributed by atoms with Crippen LogP contribution >= 0.6 is 0 Å². The van der Waals surface area contributed by atoms with E-state index < -0.39 is 10.0 Å². The van der Waals surface area contributed by atoms with Gasteiger partial charge < -0.3 is 15.4 Å². The summed E-state index contributed by atoms with van der Waals surface area (Å²) in [6, 6.07) is 17.3. The first-order valence-corrected chi connectivity index (χ1v) is 11.1. The SMILES string of the molecule is COc1ccc(-n2nc(C)cc2Nc2ccnc(Nc3cccc(S(N)(=O)=O)c3)n2)cc1. The lowest BCUT2D eigenvalue weighted by Gasteiger charge is -2.11. The number of anilines is 4. The van der Waals surface area contributed by atoms with Gasteiger partial charge in [-0.05, 0) is 55.5 Å². The number of nitrogens with one attached hydrogen (secondary N) is 2. The lowest BCUT2D eigenvalue weighted by Crippen LogP contribution is -2.12. The van der Waals surface area contributed by atoms with Gasteiger partial charge in [0, 0.05) is 18.0 Å². The van der Waals surface area contributed by atoms with Crippen molar-refractivity contribution < 1.29 is 13.2 Å². The summed E-state index contributed by atoms with van der Waals surface area (Å²) in [6.07, 6.45) is 1.59. The molecule has 0 fully saturated rings. The lowest BCUT2D eigenvalue weighted by molar-refractivity contribution is 0.414. The molecule has 2 aromatic carbocycles. The fraction of sp³-hybridized carbons (Fsp3) is 0.0952. The molecule has 0 amide bonds. The maximum Gasteiger partial charge on any atom is 0.238 e. The number of nitrogens with zero attached hydrogens (tertiary/aromatic N) is 4. The van der Waals surface area contributed by atoms with E-state index in [1.165, 1.54) is 12.1 Å². The van der Waals surface area contributed by atoms with E-state index in [0.717, 1.165) is 17.1 Å². The van der Waals surface area contributed by atoms with Crippen LogP contribution in [0, 0.1) is 6.92 Å². The van der Waals surface area contributed by atoms with Gasteiger partial charge in [0.15, 0.2) is 0 Å². The zero-order valence-corrected chi connectivity index (χ0v) is 18.2. The Morgan fingerprint density at radius 2 is 1.81 bits per heavy atom. The van der Waals surface area contributed by atoms with Crippen LogP contribution in [0.1, 0.15) is 5.69 Å². The van der Waals surface area contributed by atoms with Crippen LogP contribution in [-0.2, 0) is 10.0 Å². The highest BCUT2D eigenvalue weighted by molar-refractivity contribution is 7.89. The first kappa shape index (κ1) is 21.3. The number of rotatable bonds is 7. The molecule has 0 aliphatic carbocycles. The van der Waals surface area contributed by atoms with Gasteiger partial charge in [0.1, 0.15) is 17.4 Å². The van der Waals surface area contributed by atoms with E-state index in [2.05, 4.69) is 25.7 Å². The first-order chi connectivity index (χ1) is 15.3. The Morgan fingerprint density at radius 3 is 2.53 bits per heavy atom. The van der Waals surface area contributed by atoms with Crippen molar-refractivity contribution in [1.82, 2.24) is 19.7 Å². The minimum atomic E-state index is -3.81. The highest BCUT2D eigenvalue weighted by Crippen LogP contribution is 2.23. The molecule has 4 rings (SSSR count). The first-order valence-electron chi connectivity index (χ1n) is 9.53. The van der Waals surface area contributed by atoms with E-state index in [9.17, 15) is 8.42 Å². The minimum absolute atomic E-state index is 0.00403. The molecule has 0 saturated heterocycles. The summed E-state index contributed by atoms with van der Waals surface area (Å²) in [6.45, 7) is 1.90. The molecule has 4 aromatic rings. The lowest BCUT2D eigenvalue weighted by atomic mass is 10.3. The summed E-state index contributed by atoms with van der Waals surface area (Å²) >= 11 is 0. The fourth-order valence-electron chi connectivity index (χ4n) is 3.01. The molecule has 0 unspecified atom stereocenters. The summed E-state index contributed by atoms with van der Waals surface area (Å²) < 4.78 is 30.1. The van der Waals surface area contributed by atoms with Gasteiger partial charge in [0.05, 0.1) is 23.4 Å². The summed E-state index contributed by atoms with van der Waals surface area (Å²) in [5.41, 5.74) is 2.18. The van der Waals surface area contributed by atoms with Gasteiger partial charge in [-0.25, -0.2) is 23.2 Å². The van der Waals surface area contributed by atoms with Crippen molar-refractivity contribution >= 4 is 33.3 Å². The molecule has 2 heterocycles. The molecule has 164 valence electrons. The molecule has 0 saturated carbocycles. The molecule has 0 aliphatic heterocycles. The molecular formula is C21H21N7O3S. The largest absolute Gasteiger partial charge is 0.497 e. The van der Waals surface area contributed by atoms with Crippen molar-refractivity contribution in [2.45, 2.75) is 11.8 Å². The van der Waals surface area contributed by atoms with E-state index in [1.54, 1.807) is 36.2 Å². The average Bonchev–Trinajstić information content (AvgIpc) is 3.13. The Morgan fingerprint density at radius 1 is 1.03 bits per heavy atom. The number of aromatic nitrogens is 4. The maximum absolute atomic E-state index is 11.6. The number of primary sulfonamides is 1. The molecule has 10 nitrogen and oxygen atoms in total. The van der Waals surface area contributed by atoms with Gasteiger partial charge >= 0.3 is 0 Å². The number of ether oxygens (including phenoxy) is 1. The average molecular weight is 452 g/mol. The van der Waals surface area contributed by atoms with Crippen LogP contribution in [0.2, 0.25) is 0 Å². The number of methoxy groups -OCH3 is 1. The second kappa shape index (κ2) is 8.65. The van der Waals surface area contributed by atoms with Crippen molar-refractivity contribution in [3.05, 3.63) is 72.6 Å². The summed E-state index contributed by atoms with van der Waals surface area (Å²) in [5.74, 6) is 2.28. The van der Waals surface area contributed by atoms with Crippen molar-refractivity contribution in [3.63, 3.8) is 0 Å². The third kappa shape index (κ3) is 4.85. The smallest absolute Gasteiger partial charge is 0.238 e. The standard InChI is InChI=1S/C21H21N7O3S/c1-14-12-20(28(27-14)16-6-8-17(31-2)9-7-16)25-19-10-11-23-21(26-19)24-15-4-3-5-18(13-15)32(22,29)30/h3-13H,1-2H3,(H2,22,29,30)(H2,23,24,25,26). The monoisotopic (exact) mass is 451 g/mol. The van der Waals surface area contributed by atoms with Crippen molar-refractivity contribution in [2.24, 2.45) is 5.14 Å². The maximum atomic E-state index is 11.6. The van der Waals surface area contributed by atoms with Crippen LogP contribution in [0.4, 0.5) is 23.3 Å². The number of hydrogen-bond donors (Lipinski definition) is 3. The molecule has 0 radical (unpaired) electrons. The van der Waals surface area contributed by atoms with Crippen molar-refractivity contribution in [1.29, 1.82) is 0 Å². The topological polar surface area (TPSA) is 137 Å². The molecule has 0 spiro atoms. The predicted octanol–water partition coefficient (Wildman–Crippen LogP) is 3.11. The Balaban J connectivity index is 1.58. The summed E-state index contributed by atoms with van der Waals surface area (Å²) in [5, 5.41) is 16.0. The van der Waals surface area contributed by atoms with Crippen LogP contribution in [0.3, 0.4) is 0 Å². The number of hydrogen-bond acceptors (Lipinski definition) is 8. The quantitative estimate of drug-likeness (QED) is 0.390. The molecule has 0 aliphatic rings. The number of aryl methyl sites for hydroxylation is 1. The molecule has 32 heavy (non-hydrogen) atoms. The fourth-order valence-corrected chi connectivity index (χ4v) is 3.57. The Hall–Kier alpha value is -3.96. The summed E-state index contributed by atoms with van der Waals surface area (Å²) in [7, 11) is -2.19. The van der Waals surface area contributed by atoms with Gasteiger partial charge in [0.25, 0.3) is 0 Å². The molecular weight excluding hydrogens is 430 g/mol. The molecule has 0 bridgehead atoms. The normalized spacial score (nSPS) is 11.2. The second-order valence-electron chi connectivity index (χ2n) is 6.87. The Labute approximate surface area is 185 Å². The van der Waals surface area contributed by atoms with Crippen LogP contribution in [-0.4, -0.2) is 35.3 Å². The zero-order valence-electron chi connectivity index (χ0n) is 17.4. The van der Waals surface area contributed by atoms with Gasteiger partial charge in [0.2, 0.25) is 16.0 Å². The van der Waals surface area contributed by atoms with Crippen LogP contribution in [0.15, 0.2) is 71.8 Å². The van der Waals surface area contributed by atoms with Crippen LogP contribution in [0.5, 0.6) is 5.75 Å². The van der Waals surface area contributed by atoms with E-state index in [0.29, 0.717) is 17.3 Å². The second-order valence-corrected chi connectivity index (χ2v) is 8.43. The minimum Gasteiger partial charge on any atom is -0.497 e. The highest BCUT2D eigenvalue weighted by Gasteiger charge is 2.11. The predicted molar refractivity (Wildman–Crippen MR) is 121 cm³/mol. The molecule has 4 N–H and O–H groups in total. The zero-order chi connectivity index (χ0) is 22.7. The third-order valence-electron chi connectivity index (χ3n) is 4.48. The third-order valence-corrected chi connectivity index (χ3v) is 5.39. The molecule has 11 heteroatoms. The Bertz CT molecular complexity index is 1350. The molecule has 0 atom stereocenters. The number of benzene rings is 2. The number of sulfonamides is 1. The van der Waals surface area contributed by atoms with E-state index >= 15 is 0 Å². The van der Waals surface area contributed by atoms with Crippen molar-refractivity contribution in [2.75, 3.05) is 17.7 Å². The van der Waals surface area contributed by atoms with Crippen molar-refractivity contribution in [3.8, 4) is 11.4 Å². The number of nitrogens with two attached hydrogens (primary N) is 1. The van der Waals surface area contributed by atoms with E-state index in [-0.39, 0.29) is 10.8 Å². The van der Waals surface area contributed by atoms with Crippen LogP contribution < -0.4 is 20.5 Å².